The molecule has 0 bridgehead atoms. The van der Waals surface area contributed by atoms with Gasteiger partial charge in [-0.15, -0.1) is 0 Å². The van der Waals surface area contributed by atoms with Gasteiger partial charge in [0, 0.05) is 0 Å². The van der Waals surface area contributed by atoms with Crippen LogP contribution >= 0.6 is 0 Å². The number of hydrogen-bond donors (Lipinski definition) is 0. The minimum Gasteiger partial charge on any atom is -0.0791 e. The van der Waals surface area contributed by atoms with Gasteiger partial charge in [-0.1, -0.05) is 45.6 Å². The molecule has 0 saturated heterocycles. The summed E-state index contributed by atoms with van der Waals surface area (Å²) in [6, 6.07) is 0. The molecule has 0 aliphatic carbocycles. The van der Waals surface area contributed by atoms with E-state index in [4.69, 9.17) is 6.58 Å². The Morgan fingerprint density at radius 3 is 1.88 bits per heavy atom. The van der Waals surface area contributed by atoms with Crippen molar-refractivity contribution in [3.05, 3.63) is 24.8 Å². The Hall–Kier alpha value is -0.520. The predicted octanol–water partition coefficient (Wildman–Crippen LogP) is 2.58. The summed E-state index contributed by atoms with van der Waals surface area (Å²) < 4.78 is 0. The highest BCUT2D eigenvalue weighted by molar-refractivity contribution is 5.01. The third-order valence-corrected chi connectivity index (χ3v) is 0.707. The molecule has 0 aromatic rings. The average Bonchev–Trinajstić information content (AvgIpc) is 1.59. The Bertz CT molecular complexity index is 91.1. The summed E-state index contributed by atoms with van der Waals surface area (Å²) in [5, 5.41) is 0. The second kappa shape index (κ2) is 2.71. The minimum atomic E-state index is 0.260. The Labute approximate surface area is 51.9 Å². The fourth-order valence-corrected chi connectivity index (χ4v) is 0.344. The van der Waals surface area contributed by atoms with E-state index < -0.39 is 0 Å². The Kier molecular flexibility index (Phi) is 2.53. The maximum atomic E-state index is 5.12. The molecular weight excluding hydrogens is 96.1 g/mol. The van der Waals surface area contributed by atoms with Crippen molar-refractivity contribution in [3.8, 4) is 0 Å². The molecule has 1 radical (unpaired) electrons. The van der Waals surface area contributed by atoms with Gasteiger partial charge in [0.25, 0.3) is 0 Å². The standard InChI is InChI=1S/C8H13/c1-5-6-7-8(2,3)4/h1,5-7H,2-4H3. The lowest BCUT2D eigenvalue weighted by Gasteiger charge is -2.09. The van der Waals surface area contributed by atoms with E-state index in [-0.39, 0.29) is 5.41 Å². The van der Waals surface area contributed by atoms with Crippen LogP contribution in [0.5, 0.6) is 0 Å². The van der Waals surface area contributed by atoms with Gasteiger partial charge in [-0.2, -0.15) is 0 Å². The lowest BCUT2D eigenvalue weighted by atomic mass is 9.96. The highest BCUT2D eigenvalue weighted by atomic mass is 14.1. The first-order chi connectivity index (χ1) is 3.56. The first-order valence-electron chi connectivity index (χ1n) is 2.79. The third kappa shape index (κ3) is 5.48. The van der Waals surface area contributed by atoms with E-state index in [1.54, 1.807) is 6.08 Å². The number of allylic oxidation sites excluding steroid dienone is 3. The van der Waals surface area contributed by atoms with Crippen LogP contribution in [0.3, 0.4) is 0 Å². The second-order valence-electron chi connectivity index (χ2n) is 2.92. The molecule has 8 heavy (non-hydrogen) atoms. The van der Waals surface area contributed by atoms with Crippen LogP contribution in [0.4, 0.5) is 0 Å². The molecule has 0 fully saturated rings. The molecule has 0 heteroatoms. The van der Waals surface area contributed by atoms with Crippen molar-refractivity contribution in [2.24, 2.45) is 5.41 Å². The SMILES string of the molecule is [CH]=CC=CC(C)(C)C. The molecule has 0 aliphatic heterocycles. The molecule has 0 heterocycles. The van der Waals surface area contributed by atoms with Crippen molar-refractivity contribution >= 4 is 0 Å². The molecule has 0 nitrogen and oxygen atoms in total. The van der Waals surface area contributed by atoms with Crippen molar-refractivity contribution in [1.82, 2.24) is 0 Å². The molecule has 0 amide bonds. The largest absolute Gasteiger partial charge is 0.0791 e. The average molecular weight is 109 g/mol. The molecule has 0 spiro atoms. The van der Waals surface area contributed by atoms with E-state index in [9.17, 15) is 0 Å². The van der Waals surface area contributed by atoms with Crippen LogP contribution in [0.15, 0.2) is 18.2 Å². The van der Waals surface area contributed by atoms with Crippen molar-refractivity contribution < 1.29 is 0 Å². The van der Waals surface area contributed by atoms with Gasteiger partial charge in [0.05, 0.1) is 0 Å². The van der Waals surface area contributed by atoms with E-state index >= 15 is 0 Å². The zero-order chi connectivity index (χ0) is 6.62. The van der Waals surface area contributed by atoms with Crippen LogP contribution in [0.2, 0.25) is 0 Å². The molecule has 45 valence electrons. The monoisotopic (exact) mass is 109 g/mol. The van der Waals surface area contributed by atoms with Crippen molar-refractivity contribution in [2.45, 2.75) is 20.8 Å². The van der Waals surface area contributed by atoms with Gasteiger partial charge in [-0.25, -0.2) is 0 Å². The predicted molar refractivity (Wildman–Crippen MR) is 37.5 cm³/mol. The van der Waals surface area contributed by atoms with E-state index in [1.165, 1.54) is 0 Å². The Morgan fingerprint density at radius 2 is 1.75 bits per heavy atom. The van der Waals surface area contributed by atoms with Crippen LogP contribution in [0, 0.1) is 12.0 Å². The van der Waals surface area contributed by atoms with Crippen LogP contribution in [-0.4, -0.2) is 0 Å². The smallest absolute Gasteiger partial charge is 0.0200 e. The van der Waals surface area contributed by atoms with E-state index in [1.807, 2.05) is 6.08 Å². The maximum Gasteiger partial charge on any atom is -0.0200 e. The van der Waals surface area contributed by atoms with Crippen LogP contribution in [0.25, 0.3) is 0 Å². The van der Waals surface area contributed by atoms with Gasteiger partial charge in [-0.3, -0.25) is 0 Å². The van der Waals surface area contributed by atoms with E-state index in [0.29, 0.717) is 0 Å². The van der Waals surface area contributed by atoms with Crippen LogP contribution in [0.1, 0.15) is 20.8 Å². The zero-order valence-corrected chi connectivity index (χ0v) is 5.81. The Morgan fingerprint density at radius 1 is 1.25 bits per heavy atom. The summed E-state index contributed by atoms with van der Waals surface area (Å²) in [5.41, 5.74) is 0.260. The summed E-state index contributed by atoms with van der Waals surface area (Å²) >= 11 is 0. The fourth-order valence-electron chi connectivity index (χ4n) is 0.344. The van der Waals surface area contributed by atoms with Crippen molar-refractivity contribution in [1.29, 1.82) is 0 Å². The highest BCUT2D eigenvalue weighted by Gasteiger charge is 2.01. The van der Waals surface area contributed by atoms with Gasteiger partial charge in [0.2, 0.25) is 0 Å². The quantitative estimate of drug-likeness (QED) is 0.454. The molecular formula is C8H13. The van der Waals surface area contributed by atoms with E-state index in [2.05, 4.69) is 26.8 Å². The maximum absolute atomic E-state index is 5.12. The highest BCUT2D eigenvalue weighted by Crippen LogP contribution is 2.13. The first-order valence-corrected chi connectivity index (χ1v) is 2.79. The molecule has 0 N–H and O–H groups in total. The molecule has 0 unspecified atom stereocenters. The lowest BCUT2D eigenvalue weighted by molar-refractivity contribution is 0.544. The van der Waals surface area contributed by atoms with E-state index in [0.717, 1.165) is 0 Å². The van der Waals surface area contributed by atoms with Gasteiger partial charge in [-0.05, 0) is 5.41 Å². The second-order valence-corrected chi connectivity index (χ2v) is 2.92. The summed E-state index contributed by atoms with van der Waals surface area (Å²) in [4.78, 5) is 0. The normalized spacial score (nSPS) is 12.4. The summed E-state index contributed by atoms with van der Waals surface area (Å²) in [7, 11) is 0. The van der Waals surface area contributed by atoms with Gasteiger partial charge in [0.1, 0.15) is 0 Å². The van der Waals surface area contributed by atoms with Crippen LogP contribution in [-0.2, 0) is 0 Å². The molecule has 0 rings (SSSR count). The minimum absolute atomic E-state index is 0.260. The molecule has 0 aromatic carbocycles. The Balaban J connectivity index is 3.69. The lowest BCUT2D eigenvalue weighted by Crippen LogP contribution is -1.97. The number of hydrogen-bond acceptors (Lipinski definition) is 0. The van der Waals surface area contributed by atoms with Crippen molar-refractivity contribution in [2.75, 3.05) is 0 Å². The molecule has 0 aromatic heterocycles. The summed E-state index contributed by atoms with van der Waals surface area (Å²) in [6.07, 6.45) is 5.47. The third-order valence-electron chi connectivity index (χ3n) is 0.707. The fraction of sp³-hybridized carbons (Fsp3) is 0.500. The zero-order valence-electron chi connectivity index (χ0n) is 5.81. The topological polar surface area (TPSA) is 0 Å². The van der Waals surface area contributed by atoms with Crippen molar-refractivity contribution in [3.63, 3.8) is 0 Å². The summed E-state index contributed by atoms with van der Waals surface area (Å²) in [6.45, 7) is 11.5. The number of rotatable bonds is 1. The molecule has 0 aliphatic rings. The molecule has 0 saturated carbocycles. The van der Waals surface area contributed by atoms with Gasteiger partial charge < -0.3 is 0 Å². The summed E-state index contributed by atoms with van der Waals surface area (Å²) in [5.74, 6) is 0. The van der Waals surface area contributed by atoms with Gasteiger partial charge >= 0.3 is 0 Å². The van der Waals surface area contributed by atoms with Gasteiger partial charge in [0.15, 0.2) is 0 Å². The first kappa shape index (κ1) is 7.48. The van der Waals surface area contributed by atoms with Crippen LogP contribution < -0.4 is 0 Å². The molecule has 0 atom stereocenters.